The summed E-state index contributed by atoms with van der Waals surface area (Å²) in [6, 6.07) is 18.5. The minimum absolute atomic E-state index is 0.0636. The maximum atomic E-state index is 12.0. The van der Waals surface area contributed by atoms with Gasteiger partial charge in [0.05, 0.1) is 4.90 Å². The van der Waals surface area contributed by atoms with Gasteiger partial charge in [-0.25, -0.2) is 18.4 Å². The van der Waals surface area contributed by atoms with E-state index in [1.165, 1.54) is 34.9 Å². The zero-order chi connectivity index (χ0) is 30.3. The molecule has 4 aromatic rings. The van der Waals surface area contributed by atoms with Crippen molar-refractivity contribution in [1.29, 1.82) is 0 Å². The molecule has 8 nitrogen and oxygen atoms in total. The highest BCUT2D eigenvalue weighted by molar-refractivity contribution is 7.99. The standard InChI is InChI=1S/C10H10N2O2S.C10H10N2S.C4H8O.C4H10O.C3H8/c1-12-8-7-11-10(12)15(13,14)9-5-3-2-4-6-9;1-12-8-7-11-10(12)13-9-5-3-2-4-6-9;1-2-4-5-3-1;1-3-5-4-2;1-3-2/h2-8H,1H3;2-8H,1H3;1-4H2;3-4H2,1-2H3;3H2,1-2H3. The predicted octanol–water partition coefficient (Wildman–Crippen LogP) is 7.08. The molecule has 0 unspecified atom stereocenters. The Kier molecular flexibility index (Phi) is 19.2. The Morgan fingerprint density at radius 2 is 1.32 bits per heavy atom. The smallest absolute Gasteiger partial charge is 0.240 e. The van der Waals surface area contributed by atoms with Crippen molar-refractivity contribution in [3.8, 4) is 0 Å². The van der Waals surface area contributed by atoms with Crippen molar-refractivity contribution < 1.29 is 17.9 Å². The molecule has 5 rings (SSSR count). The quantitative estimate of drug-likeness (QED) is 0.233. The number of hydrogen-bond donors (Lipinski definition) is 0. The maximum Gasteiger partial charge on any atom is 0.240 e. The third kappa shape index (κ3) is 14.5. The molecule has 226 valence electrons. The summed E-state index contributed by atoms with van der Waals surface area (Å²) in [4.78, 5) is 9.56. The van der Waals surface area contributed by atoms with Crippen LogP contribution in [-0.2, 0) is 33.4 Å². The highest BCUT2D eigenvalue weighted by Gasteiger charge is 2.21. The number of aryl methyl sites for hydroxylation is 2. The van der Waals surface area contributed by atoms with Crippen molar-refractivity contribution in [2.24, 2.45) is 14.1 Å². The molecule has 3 heterocycles. The summed E-state index contributed by atoms with van der Waals surface area (Å²) in [5.41, 5.74) is 0. The second-order valence-corrected chi connectivity index (χ2v) is 11.6. The Balaban J connectivity index is 0.000000291. The lowest BCUT2D eigenvalue weighted by Gasteiger charge is -2.03. The van der Waals surface area contributed by atoms with Gasteiger partial charge >= 0.3 is 0 Å². The second-order valence-electron chi connectivity index (χ2n) is 8.68. The molecule has 2 aromatic carbocycles. The van der Waals surface area contributed by atoms with Crippen LogP contribution in [0.3, 0.4) is 0 Å². The average Bonchev–Trinajstić information content (AvgIpc) is 3.77. The Morgan fingerprint density at radius 3 is 1.71 bits per heavy atom. The van der Waals surface area contributed by atoms with Crippen LogP contribution < -0.4 is 0 Å². The van der Waals surface area contributed by atoms with Gasteiger partial charge in [-0.05, 0) is 51.0 Å². The van der Waals surface area contributed by atoms with E-state index in [2.05, 4.69) is 35.9 Å². The topological polar surface area (TPSA) is 88.2 Å². The zero-order valence-electron chi connectivity index (χ0n) is 25.3. The maximum absolute atomic E-state index is 12.0. The number of aromatic nitrogens is 4. The summed E-state index contributed by atoms with van der Waals surface area (Å²) in [5, 5.41) is 1.08. The van der Waals surface area contributed by atoms with E-state index in [-0.39, 0.29) is 10.1 Å². The van der Waals surface area contributed by atoms with Gasteiger partial charge in [-0.2, -0.15) is 0 Å². The molecule has 1 fully saturated rings. The number of imidazole rings is 2. The normalized spacial score (nSPS) is 11.9. The number of nitrogens with zero attached hydrogens (tertiary/aromatic N) is 4. The highest BCUT2D eigenvalue weighted by atomic mass is 32.2. The van der Waals surface area contributed by atoms with E-state index in [1.54, 1.807) is 55.3 Å². The molecule has 0 bridgehead atoms. The summed E-state index contributed by atoms with van der Waals surface area (Å²) < 4.78 is 37.3. The number of sulfone groups is 1. The first-order chi connectivity index (χ1) is 19.8. The number of benzene rings is 2. The first-order valence-corrected chi connectivity index (χ1v) is 16.2. The summed E-state index contributed by atoms with van der Waals surface area (Å²) in [6.45, 7) is 11.9. The fourth-order valence-electron chi connectivity index (χ4n) is 3.07. The molecule has 0 N–H and O–H groups in total. The van der Waals surface area contributed by atoms with E-state index in [0.717, 1.165) is 31.6 Å². The highest BCUT2D eigenvalue weighted by Crippen LogP contribution is 2.24. The van der Waals surface area contributed by atoms with E-state index in [0.29, 0.717) is 0 Å². The SMILES string of the molecule is C1CCOC1.CCC.CCOCC.Cn1ccnc1S(=O)(=O)c1ccccc1.Cn1ccnc1Sc1ccccc1. The molecule has 1 aliphatic rings. The monoisotopic (exact) mass is 602 g/mol. The van der Waals surface area contributed by atoms with Gasteiger partial charge in [0.15, 0.2) is 5.16 Å². The van der Waals surface area contributed by atoms with Crippen LogP contribution in [0.1, 0.15) is 47.0 Å². The number of hydrogen-bond acceptors (Lipinski definition) is 7. The van der Waals surface area contributed by atoms with Gasteiger partial charge < -0.3 is 18.6 Å². The molecule has 41 heavy (non-hydrogen) atoms. The van der Waals surface area contributed by atoms with E-state index in [1.807, 2.05) is 56.1 Å². The van der Waals surface area contributed by atoms with Crippen LogP contribution in [0.25, 0.3) is 0 Å². The van der Waals surface area contributed by atoms with Crippen molar-refractivity contribution in [2.45, 2.75) is 67.1 Å². The fraction of sp³-hybridized carbons (Fsp3) is 0.419. The Morgan fingerprint density at radius 1 is 0.805 bits per heavy atom. The average molecular weight is 603 g/mol. The van der Waals surface area contributed by atoms with Crippen LogP contribution in [0.4, 0.5) is 0 Å². The summed E-state index contributed by atoms with van der Waals surface area (Å²) in [7, 11) is 0.179. The Labute approximate surface area is 251 Å². The largest absolute Gasteiger partial charge is 0.382 e. The lowest BCUT2D eigenvalue weighted by molar-refractivity contribution is 0.162. The van der Waals surface area contributed by atoms with Gasteiger partial charge in [0.2, 0.25) is 15.0 Å². The van der Waals surface area contributed by atoms with Gasteiger partial charge in [0.25, 0.3) is 0 Å². The third-order valence-corrected chi connectivity index (χ3v) is 7.89. The van der Waals surface area contributed by atoms with Crippen molar-refractivity contribution in [2.75, 3.05) is 26.4 Å². The summed E-state index contributed by atoms with van der Waals surface area (Å²) >= 11 is 1.67. The van der Waals surface area contributed by atoms with Gasteiger partial charge in [-0.15, -0.1) is 0 Å². The van der Waals surface area contributed by atoms with E-state index < -0.39 is 9.84 Å². The van der Waals surface area contributed by atoms with Crippen molar-refractivity contribution in [1.82, 2.24) is 19.1 Å². The minimum atomic E-state index is -3.47. The molecular weight excluding hydrogens is 556 g/mol. The van der Waals surface area contributed by atoms with Crippen molar-refractivity contribution in [3.05, 3.63) is 85.5 Å². The molecule has 0 radical (unpaired) electrons. The van der Waals surface area contributed by atoms with Crippen molar-refractivity contribution in [3.63, 3.8) is 0 Å². The van der Waals surface area contributed by atoms with Gasteiger partial charge in [0, 0.05) is 70.2 Å². The third-order valence-electron chi connectivity index (χ3n) is 5.04. The van der Waals surface area contributed by atoms with Crippen LogP contribution in [0.2, 0.25) is 0 Å². The molecule has 0 atom stereocenters. The van der Waals surface area contributed by atoms with Gasteiger partial charge in [0.1, 0.15) is 0 Å². The first-order valence-electron chi connectivity index (χ1n) is 13.9. The molecule has 0 amide bonds. The second kappa shape index (κ2) is 21.8. The molecule has 0 saturated carbocycles. The number of rotatable bonds is 6. The Bertz CT molecular complexity index is 1260. The summed E-state index contributed by atoms with van der Waals surface area (Å²) in [6.07, 6.45) is 10.6. The van der Waals surface area contributed by atoms with Crippen LogP contribution in [0.15, 0.2) is 106 Å². The summed E-state index contributed by atoms with van der Waals surface area (Å²) in [5.74, 6) is 0. The van der Waals surface area contributed by atoms with E-state index in [4.69, 9.17) is 9.47 Å². The zero-order valence-corrected chi connectivity index (χ0v) is 26.9. The lowest BCUT2D eigenvalue weighted by atomic mass is 10.4. The van der Waals surface area contributed by atoms with Gasteiger partial charge in [-0.3, -0.25) is 0 Å². The van der Waals surface area contributed by atoms with Crippen LogP contribution in [0.5, 0.6) is 0 Å². The van der Waals surface area contributed by atoms with E-state index >= 15 is 0 Å². The minimum Gasteiger partial charge on any atom is -0.382 e. The van der Waals surface area contributed by atoms with Crippen LogP contribution in [-0.4, -0.2) is 53.9 Å². The van der Waals surface area contributed by atoms with Crippen molar-refractivity contribution >= 4 is 21.6 Å². The predicted molar refractivity (Wildman–Crippen MR) is 167 cm³/mol. The van der Waals surface area contributed by atoms with Crippen LogP contribution >= 0.6 is 11.8 Å². The number of ether oxygens (including phenoxy) is 2. The first kappa shape index (κ1) is 36.1. The van der Waals surface area contributed by atoms with Gasteiger partial charge in [-0.1, -0.05) is 68.4 Å². The molecule has 10 heteroatoms. The molecule has 0 aliphatic carbocycles. The van der Waals surface area contributed by atoms with E-state index in [9.17, 15) is 8.42 Å². The Hall–Kier alpha value is -2.92. The van der Waals surface area contributed by atoms with Crippen LogP contribution in [0, 0.1) is 0 Å². The lowest BCUT2D eigenvalue weighted by Crippen LogP contribution is -2.08. The molecule has 1 saturated heterocycles. The molecule has 1 aliphatic heterocycles. The molecular formula is C31H46N4O4S2. The fourth-order valence-corrected chi connectivity index (χ4v) is 5.26. The molecule has 0 spiro atoms. The molecule has 2 aromatic heterocycles.